The molecule has 0 radical (unpaired) electrons. The van der Waals surface area contributed by atoms with Crippen LogP contribution in [0, 0.1) is 23.2 Å². The molecule has 1 nitrogen and oxygen atoms in total. The van der Waals surface area contributed by atoms with E-state index in [1.165, 1.54) is 12.0 Å². The van der Waals surface area contributed by atoms with Crippen molar-refractivity contribution in [3.63, 3.8) is 0 Å². The molecule has 4 atom stereocenters. The van der Waals surface area contributed by atoms with Crippen LogP contribution in [-0.2, 0) is 4.79 Å². The molecule has 0 heterocycles. The fourth-order valence-electron chi connectivity index (χ4n) is 3.86. The zero-order chi connectivity index (χ0) is 9.22. The van der Waals surface area contributed by atoms with E-state index in [-0.39, 0.29) is 0 Å². The topological polar surface area (TPSA) is 17.1 Å². The van der Waals surface area contributed by atoms with Gasteiger partial charge < -0.3 is 0 Å². The van der Waals surface area contributed by atoms with E-state index in [1.54, 1.807) is 0 Å². The van der Waals surface area contributed by atoms with Gasteiger partial charge in [0.2, 0.25) is 0 Å². The molecular formula is C12H16O. The van der Waals surface area contributed by atoms with Gasteiger partial charge in [0.05, 0.1) is 0 Å². The van der Waals surface area contributed by atoms with Gasteiger partial charge >= 0.3 is 0 Å². The lowest BCUT2D eigenvalue weighted by Crippen LogP contribution is -2.34. The van der Waals surface area contributed by atoms with Crippen LogP contribution in [0.1, 0.15) is 32.6 Å². The van der Waals surface area contributed by atoms with Crippen LogP contribution in [0.3, 0.4) is 0 Å². The normalized spacial score (nSPS) is 53.2. The van der Waals surface area contributed by atoms with Crippen LogP contribution in [0.2, 0.25) is 0 Å². The molecule has 3 fully saturated rings. The Bertz CT molecular complexity index is 304. The number of rotatable bonds is 0. The molecule has 0 aromatic carbocycles. The number of Topliss-reactive ketones (excluding diaryl/α,β-unsaturated/α-hetero) is 1. The molecule has 0 spiro atoms. The fraction of sp³-hybridized carbons (Fsp3) is 0.750. The highest BCUT2D eigenvalue weighted by Crippen LogP contribution is 2.70. The van der Waals surface area contributed by atoms with Crippen molar-refractivity contribution in [3.8, 4) is 0 Å². The summed E-state index contributed by atoms with van der Waals surface area (Å²) in [5.41, 5.74) is 1.79. The Labute approximate surface area is 79.2 Å². The Hall–Kier alpha value is -0.590. The fourth-order valence-corrected chi connectivity index (χ4v) is 3.86. The summed E-state index contributed by atoms with van der Waals surface area (Å²) in [5.74, 6) is 2.77. The first kappa shape index (κ1) is 7.78. The maximum atomic E-state index is 11.5. The zero-order valence-corrected chi connectivity index (χ0v) is 8.18. The van der Waals surface area contributed by atoms with Gasteiger partial charge in [-0.25, -0.2) is 0 Å². The first-order valence-electron chi connectivity index (χ1n) is 5.33. The van der Waals surface area contributed by atoms with Crippen LogP contribution >= 0.6 is 0 Å². The van der Waals surface area contributed by atoms with Gasteiger partial charge in [0.25, 0.3) is 0 Å². The molecular weight excluding hydrogens is 160 g/mol. The summed E-state index contributed by atoms with van der Waals surface area (Å²) in [4.78, 5) is 11.5. The first-order valence-corrected chi connectivity index (χ1v) is 5.33. The van der Waals surface area contributed by atoms with Crippen molar-refractivity contribution < 1.29 is 4.79 Å². The number of carbonyl (C=O) groups is 1. The van der Waals surface area contributed by atoms with Crippen molar-refractivity contribution in [2.45, 2.75) is 32.6 Å². The summed E-state index contributed by atoms with van der Waals surface area (Å²) in [6.45, 7) is 6.54. The third-order valence-corrected chi connectivity index (χ3v) is 4.65. The molecule has 0 amide bonds. The third-order valence-electron chi connectivity index (χ3n) is 4.65. The van der Waals surface area contributed by atoms with Crippen LogP contribution in [0.25, 0.3) is 0 Å². The van der Waals surface area contributed by atoms with E-state index in [2.05, 4.69) is 13.5 Å². The summed E-state index contributed by atoms with van der Waals surface area (Å²) in [6.07, 6.45) is 4.04. The standard InChI is InChI=1S/C12H16O/c1-7-9-5-11(9)12(2)6-8(13)3-4-10(7)12/h9-11H,1,3-6H2,2H3/t9-,10+,11-,12-/m1/s1. The smallest absolute Gasteiger partial charge is 0.133 e. The van der Waals surface area contributed by atoms with E-state index in [0.717, 1.165) is 31.1 Å². The highest BCUT2D eigenvalue weighted by atomic mass is 16.1. The molecule has 0 bridgehead atoms. The van der Waals surface area contributed by atoms with Crippen LogP contribution < -0.4 is 0 Å². The second-order valence-corrected chi connectivity index (χ2v) is 5.34. The number of allylic oxidation sites excluding steroid dienone is 1. The number of hydrogen-bond acceptors (Lipinski definition) is 1. The van der Waals surface area contributed by atoms with Crippen molar-refractivity contribution >= 4 is 5.78 Å². The monoisotopic (exact) mass is 176 g/mol. The number of carbonyl (C=O) groups excluding carboxylic acids is 1. The van der Waals surface area contributed by atoms with Crippen LogP contribution in [0.4, 0.5) is 0 Å². The van der Waals surface area contributed by atoms with E-state index in [0.29, 0.717) is 17.1 Å². The molecule has 0 aromatic heterocycles. The largest absolute Gasteiger partial charge is 0.300 e. The second kappa shape index (κ2) is 2.08. The lowest BCUT2D eigenvalue weighted by Gasteiger charge is -2.38. The van der Waals surface area contributed by atoms with E-state index in [4.69, 9.17) is 0 Å². The summed E-state index contributed by atoms with van der Waals surface area (Å²) in [7, 11) is 0. The minimum absolute atomic E-state index is 0.317. The van der Waals surface area contributed by atoms with Gasteiger partial charge in [0, 0.05) is 12.8 Å². The number of hydrogen-bond donors (Lipinski definition) is 0. The van der Waals surface area contributed by atoms with Gasteiger partial charge in [0.15, 0.2) is 0 Å². The van der Waals surface area contributed by atoms with Crippen molar-refractivity contribution in [1.82, 2.24) is 0 Å². The summed E-state index contributed by atoms with van der Waals surface area (Å²) >= 11 is 0. The average Bonchev–Trinajstić information content (AvgIpc) is 2.78. The van der Waals surface area contributed by atoms with E-state index in [9.17, 15) is 4.79 Å². The Kier molecular flexibility index (Phi) is 1.24. The van der Waals surface area contributed by atoms with Crippen LogP contribution in [0.5, 0.6) is 0 Å². The predicted octanol–water partition coefficient (Wildman–Crippen LogP) is 2.57. The molecule has 0 aliphatic heterocycles. The Morgan fingerprint density at radius 1 is 1.54 bits per heavy atom. The Morgan fingerprint density at radius 3 is 3.08 bits per heavy atom. The molecule has 3 rings (SSSR count). The minimum Gasteiger partial charge on any atom is -0.300 e. The molecule has 3 aliphatic carbocycles. The molecule has 0 unspecified atom stereocenters. The van der Waals surface area contributed by atoms with Crippen LogP contribution in [0.15, 0.2) is 12.2 Å². The third kappa shape index (κ3) is 0.806. The highest BCUT2D eigenvalue weighted by molar-refractivity contribution is 5.80. The maximum absolute atomic E-state index is 11.5. The van der Waals surface area contributed by atoms with Crippen molar-refractivity contribution in [3.05, 3.63) is 12.2 Å². The van der Waals surface area contributed by atoms with E-state index < -0.39 is 0 Å². The first-order chi connectivity index (χ1) is 6.13. The predicted molar refractivity (Wildman–Crippen MR) is 51.2 cm³/mol. The molecule has 1 heteroatoms. The van der Waals surface area contributed by atoms with Crippen molar-refractivity contribution in [2.24, 2.45) is 23.2 Å². The van der Waals surface area contributed by atoms with Gasteiger partial charge in [0.1, 0.15) is 5.78 Å². The Morgan fingerprint density at radius 2 is 2.31 bits per heavy atom. The van der Waals surface area contributed by atoms with Gasteiger partial charge in [-0.3, -0.25) is 4.79 Å². The van der Waals surface area contributed by atoms with Gasteiger partial charge in [-0.2, -0.15) is 0 Å². The van der Waals surface area contributed by atoms with Gasteiger partial charge in [-0.05, 0) is 36.0 Å². The van der Waals surface area contributed by atoms with E-state index in [1.807, 2.05) is 0 Å². The van der Waals surface area contributed by atoms with Crippen molar-refractivity contribution in [2.75, 3.05) is 0 Å². The molecule has 0 aromatic rings. The highest BCUT2D eigenvalue weighted by Gasteiger charge is 2.63. The van der Waals surface area contributed by atoms with Crippen molar-refractivity contribution in [1.29, 1.82) is 0 Å². The van der Waals surface area contributed by atoms with Crippen LogP contribution in [-0.4, -0.2) is 5.78 Å². The second-order valence-electron chi connectivity index (χ2n) is 5.34. The molecule has 3 saturated carbocycles. The van der Waals surface area contributed by atoms with Gasteiger partial charge in [-0.15, -0.1) is 0 Å². The average molecular weight is 176 g/mol. The quantitative estimate of drug-likeness (QED) is 0.518. The molecule has 0 N–H and O–H groups in total. The SMILES string of the molecule is C=C1[C@H]2C[C@H]2[C@]2(C)CC(=O)CC[C@@H]12. The van der Waals surface area contributed by atoms with E-state index >= 15 is 0 Å². The summed E-state index contributed by atoms with van der Waals surface area (Å²) in [6, 6.07) is 0. The lowest BCUT2D eigenvalue weighted by molar-refractivity contribution is -0.124. The maximum Gasteiger partial charge on any atom is 0.133 e. The summed E-state index contributed by atoms with van der Waals surface area (Å²) in [5, 5.41) is 0. The number of fused-ring (bicyclic) bond motifs is 3. The molecule has 3 aliphatic rings. The summed E-state index contributed by atoms with van der Waals surface area (Å²) < 4.78 is 0. The van der Waals surface area contributed by atoms with Gasteiger partial charge in [-0.1, -0.05) is 19.1 Å². The number of ketones is 1. The zero-order valence-electron chi connectivity index (χ0n) is 8.18. The molecule has 13 heavy (non-hydrogen) atoms. The molecule has 0 saturated heterocycles. The Balaban J connectivity index is 1.99. The minimum atomic E-state index is 0.317. The molecule has 70 valence electrons. The lowest BCUT2D eigenvalue weighted by atomic mass is 9.65.